The van der Waals surface area contributed by atoms with E-state index >= 15 is 0 Å². The van der Waals surface area contributed by atoms with E-state index in [1.807, 2.05) is 0 Å². The lowest BCUT2D eigenvalue weighted by Gasteiger charge is -2.06. The van der Waals surface area contributed by atoms with Crippen molar-refractivity contribution in [2.45, 2.75) is 118 Å². The van der Waals surface area contributed by atoms with E-state index in [0.717, 1.165) is 24.7 Å². The molecule has 0 radical (unpaired) electrons. The molecule has 0 aliphatic carbocycles. The van der Waals surface area contributed by atoms with Crippen LogP contribution in [0.3, 0.4) is 0 Å². The minimum atomic E-state index is 0.00699. The molecule has 0 bridgehead atoms. The second kappa shape index (κ2) is 17.3. The summed E-state index contributed by atoms with van der Waals surface area (Å²) in [7, 11) is 0. The maximum absolute atomic E-state index is 11.6. The van der Waals surface area contributed by atoms with Crippen molar-refractivity contribution in [3.63, 3.8) is 0 Å². The summed E-state index contributed by atoms with van der Waals surface area (Å²) in [6.45, 7) is 9.74. The average molecular weight is 341 g/mol. The molecule has 0 unspecified atom stereocenters. The molecule has 144 valence electrons. The lowest BCUT2D eigenvalue weighted by Crippen LogP contribution is -2.05. The van der Waals surface area contributed by atoms with Crippen molar-refractivity contribution in [3.8, 4) is 0 Å². The fraction of sp³-hybridized carbons (Fsp3) is 0.955. The van der Waals surface area contributed by atoms with E-state index in [-0.39, 0.29) is 5.97 Å². The van der Waals surface area contributed by atoms with Crippen LogP contribution in [0.15, 0.2) is 0 Å². The first-order chi connectivity index (χ1) is 11.5. The Hall–Kier alpha value is -0.530. The van der Waals surface area contributed by atoms with Crippen molar-refractivity contribution in [1.29, 1.82) is 0 Å². The van der Waals surface area contributed by atoms with Crippen LogP contribution in [0.25, 0.3) is 0 Å². The van der Waals surface area contributed by atoms with Crippen LogP contribution in [-0.4, -0.2) is 12.6 Å². The van der Waals surface area contributed by atoms with Crippen molar-refractivity contribution < 1.29 is 9.53 Å². The van der Waals surface area contributed by atoms with Crippen LogP contribution in [0.2, 0.25) is 0 Å². The van der Waals surface area contributed by atoms with Crippen LogP contribution in [-0.2, 0) is 9.53 Å². The normalized spacial score (nSPS) is 11.4. The molecule has 0 heterocycles. The Morgan fingerprint density at radius 1 is 0.625 bits per heavy atom. The topological polar surface area (TPSA) is 26.3 Å². The first kappa shape index (κ1) is 23.5. The molecule has 0 amide bonds. The second-order valence-electron chi connectivity index (χ2n) is 8.22. The summed E-state index contributed by atoms with van der Waals surface area (Å²) in [6, 6.07) is 0. The number of ether oxygens (including phenoxy) is 1. The summed E-state index contributed by atoms with van der Waals surface area (Å²) in [5.74, 6) is 1.64. The van der Waals surface area contributed by atoms with Gasteiger partial charge in [0.2, 0.25) is 0 Å². The summed E-state index contributed by atoms with van der Waals surface area (Å²) in [5, 5.41) is 0. The van der Waals surface area contributed by atoms with Gasteiger partial charge in [-0.3, -0.25) is 4.79 Å². The van der Waals surface area contributed by atoms with Gasteiger partial charge in [-0.25, -0.2) is 0 Å². The highest BCUT2D eigenvalue weighted by molar-refractivity contribution is 5.69. The molecular weight excluding hydrogens is 296 g/mol. The molecule has 2 nitrogen and oxygen atoms in total. The number of hydrogen-bond acceptors (Lipinski definition) is 2. The predicted molar refractivity (Wildman–Crippen MR) is 105 cm³/mol. The van der Waals surface area contributed by atoms with Gasteiger partial charge in [0.25, 0.3) is 0 Å². The zero-order chi connectivity index (χ0) is 18.0. The van der Waals surface area contributed by atoms with Crippen LogP contribution in [0.5, 0.6) is 0 Å². The van der Waals surface area contributed by atoms with Gasteiger partial charge in [0.1, 0.15) is 0 Å². The van der Waals surface area contributed by atoms with Gasteiger partial charge in [0.05, 0.1) is 6.61 Å². The average Bonchev–Trinajstić information content (AvgIpc) is 2.52. The molecule has 0 aromatic heterocycles. The fourth-order valence-corrected chi connectivity index (χ4v) is 2.97. The molecule has 0 aliphatic heterocycles. The quantitative estimate of drug-likeness (QED) is 0.205. The summed E-state index contributed by atoms with van der Waals surface area (Å²) >= 11 is 0. The van der Waals surface area contributed by atoms with Crippen LogP contribution in [0.1, 0.15) is 118 Å². The Morgan fingerprint density at radius 2 is 1.04 bits per heavy atom. The highest BCUT2D eigenvalue weighted by Crippen LogP contribution is 2.13. The van der Waals surface area contributed by atoms with Crippen molar-refractivity contribution in [2.24, 2.45) is 11.8 Å². The summed E-state index contributed by atoms with van der Waals surface area (Å²) < 4.78 is 5.30. The van der Waals surface area contributed by atoms with Crippen molar-refractivity contribution >= 4 is 5.97 Å². The fourth-order valence-electron chi connectivity index (χ4n) is 2.97. The molecule has 0 spiro atoms. The zero-order valence-corrected chi connectivity index (χ0v) is 17.1. The molecule has 0 aromatic rings. The third-order valence-electron chi connectivity index (χ3n) is 4.60. The van der Waals surface area contributed by atoms with E-state index < -0.39 is 0 Å². The van der Waals surface area contributed by atoms with Crippen molar-refractivity contribution in [1.82, 2.24) is 0 Å². The molecule has 0 saturated carbocycles. The Morgan fingerprint density at radius 3 is 1.54 bits per heavy atom. The molecule has 0 N–H and O–H groups in total. The predicted octanol–water partition coefficient (Wildman–Crippen LogP) is 7.30. The summed E-state index contributed by atoms with van der Waals surface area (Å²) in [4.78, 5) is 11.6. The van der Waals surface area contributed by atoms with Gasteiger partial charge in [-0.2, -0.15) is 0 Å². The van der Waals surface area contributed by atoms with E-state index in [2.05, 4.69) is 27.7 Å². The summed E-state index contributed by atoms with van der Waals surface area (Å²) in [6.07, 6.45) is 17.0. The molecule has 0 aromatic carbocycles. The van der Waals surface area contributed by atoms with Gasteiger partial charge >= 0.3 is 5.97 Å². The van der Waals surface area contributed by atoms with Crippen LogP contribution in [0, 0.1) is 11.8 Å². The smallest absolute Gasteiger partial charge is 0.305 e. The van der Waals surface area contributed by atoms with Crippen LogP contribution in [0.4, 0.5) is 0 Å². The lowest BCUT2D eigenvalue weighted by molar-refractivity contribution is -0.143. The highest BCUT2D eigenvalue weighted by Gasteiger charge is 2.03. The van der Waals surface area contributed by atoms with Gasteiger partial charge in [-0.1, -0.05) is 98.3 Å². The van der Waals surface area contributed by atoms with Crippen molar-refractivity contribution in [2.75, 3.05) is 6.61 Å². The molecule has 0 rings (SSSR count). The first-order valence-corrected chi connectivity index (χ1v) is 10.7. The Labute approximate surface area is 152 Å². The van der Waals surface area contributed by atoms with Gasteiger partial charge in [-0.15, -0.1) is 0 Å². The standard InChI is InChI=1S/C22H44O2/c1-20(2)16-12-9-7-5-6-8-10-14-18-22(23)24-19-15-11-13-17-21(3)4/h20-21H,5-19H2,1-4H3. The maximum Gasteiger partial charge on any atom is 0.305 e. The largest absolute Gasteiger partial charge is 0.466 e. The van der Waals surface area contributed by atoms with Crippen LogP contribution >= 0.6 is 0 Å². The summed E-state index contributed by atoms with van der Waals surface area (Å²) in [5.41, 5.74) is 0. The molecule has 24 heavy (non-hydrogen) atoms. The molecule has 0 aliphatic rings. The highest BCUT2D eigenvalue weighted by atomic mass is 16.5. The third-order valence-corrected chi connectivity index (χ3v) is 4.60. The van der Waals surface area contributed by atoms with Crippen molar-refractivity contribution in [3.05, 3.63) is 0 Å². The number of esters is 1. The van der Waals surface area contributed by atoms with Gasteiger partial charge < -0.3 is 4.74 Å². The molecule has 2 heteroatoms. The SMILES string of the molecule is CC(C)CCCCCCCCCCC(=O)OCCCCCC(C)C. The number of unbranched alkanes of at least 4 members (excludes halogenated alkanes) is 9. The molecule has 0 fully saturated rings. The number of carbonyl (C=O) groups excluding carboxylic acids is 1. The molecular formula is C22H44O2. The number of rotatable bonds is 17. The Kier molecular flexibility index (Phi) is 16.9. The molecule has 0 saturated heterocycles. The van der Waals surface area contributed by atoms with Gasteiger partial charge in [-0.05, 0) is 24.7 Å². The van der Waals surface area contributed by atoms with E-state index in [1.54, 1.807) is 0 Å². The Bertz CT molecular complexity index is 271. The number of carbonyl (C=O) groups is 1. The van der Waals surface area contributed by atoms with E-state index in [9.17, 15) is 4.79 Å². The van der Waals surface area contributed by atoms with Gasteiger partial charge in [0, 0.05) is 6.42 Å². The lowest BCUT2D eigenvalue weighted by atomic mass is 10.0. The maximum atomic E-state index is 11.6. The minimum Gasteiger partial charge on any atom is -0.466 e. The molecule has 0 atom stereocenters. The second-order valence-corrected chi connectivity index (χ2v) is 8.22. The Balaban J connectivity index is 3.18. The number of hydrogen-bond donors (Lipinski definition) is 0. The van der Waals surface area contributed by atoms with E-state index in [4.69, 9.17) is 4.74 Å². The monoisotopic (exact) mass is 340 g/mol. The minimum absolute atomic E-state index is 0.00699. The van der Waals surface area contributed by atoms with Gasteiger partial charge in [0.15, 0.2) is 0 Å². The third kappa shape index (κ3) is 19.5. The van der Waals surface area contributed by atoms with Crippen LogP contribution < -0.4 is 0 Å². The van der Waals surface area contributed by atoms with E-state index in [1.165, 1.54) is 70.6 Å². The van der Waals surface area contributed by atoms with E-state index in [0.29, 0.717) is 13.0 Å². The first-order valence-electron chi connectivity index (χ1n) is 10.7. The zero-order valence-electron chi connectivity index (χ0n) is 17.1.